The van der Waals surface area contributed by atoms with E-state index in [2.05, 4.69) is 13.8 Å². The topological polar surface area (TPSA) is 46.3 Å². The zero-order valence-corrected chi connectivity index (χ0v) is 9.92. The lowest BCUT2D eigenvalue weighted by molar-refractivity contribution is -0.130. The van der Waals surface area contributed by atoms with Crippen molar-refractivity contribution in [1.29, 1.82) is 0 Å². The lowest BCUT2D eigenvalue weighted by atomic mass is 10.1. The maximum atomic E-state index is 11.6. The number of carbonyl (C=O) groups excluding carboxylic acids is 1. The van der Waals surface area contributed by atoms with E-state index in [1.807, 2.05) is 18.9 Å². The molecule has 0 rings (SSSR count). The molecular formula is C11H24N2O. The van der Waals surface area contributed by atoms with Gasteiger partial charge in [0, 0.05) is 20.0 Å². The number of carbonyl (C=O) groups is 1. The molecule has 0 aromatic carbocycles. The van der Waals surface area contributed by atoms with Crippen LogP contribution in [0.3, 0.4) is 0 Å². The van der Waals surface area contributed by atoms with Crippen molar-refractivity contribution in [1.82, 2.24) is 4.90 Å². The molecular weight excluding hydrogens is 176 g/mol. The molecule has 0 bridgehead atoms. The quantitative estimate of drug-likeness (QED) is 0.706. The molecule has 3 nitrogen and oxygen atoms in total. The van der Waals surface area contributed by atoms with Gasteiger partial charge in [0.1, 0.15) is 0 Å². The van der Waals surface area contributed by atoms with Crippen molar-refractivity contribution in [3.63, 3.8) is 0 Å². The molecule has 1 amide bonds. The first-order valence-electron chi connectivity index (χ1n) is 5.41. The molecule has 84 valence electrons. The second kappa shape index (κ2) is 6.82. The van der Waals surface area contributed by atoms with Gasteiger partial charge in [-0.15, -0.1) is 0 Å². The number of hydrogen-bond donors (Lipinski definition) is 1. The fourth-order valence-corrected chi connectivity index (χ4v) is 1.11. The molecule has 0 spiro atoms. The van der Waals surface area contributed by atoms with Crippen molar-refractivity contribution < 1.29 is 4.79 Å². The van der Waals surface area contributed by atoms with Crippen molar-refractivity contribution in [2.24, 2.45) is 17.6 Å². The smallest absolute Gasteiger partial charge is 0.222 e. The minimum Gasteiger partial charge on any atom is -0.346 e. The van der Waals surface area contributed by atoms with E-state index in [1.165, 1.54) is 0 Å². The molecule has 0 heterocycles. The number of nitrogens with two attached hydrogens (primary N) is 1. The van der Waals surface area contributed by atoms with E-state index >= 15 is 0 Å². The predicted octanol–water partition coefficient (Wildman–Crippen LogP) is 1.48. The molecule has 0 aliphatic heterocycles. The number of amides is 1. The average Bonchev–Trinajstić information content (AvgIpc) is 2.13. The van der Waals surface area contributed by atoms with Crippen molar-refractivity contribution in [3.8, 4) is 0 Å². The lowest BCUT2D eigenvalue weighted by Crippen LogP contribution is -2.30. The van der Waals surface area contributed by atoms with Crippen molar-refractivity contribution in [2.45, 2.75) is 33.6 Å². The fraction of sp³-hybridized carbons (Fsp3) is 0.909. The molecule has 0 aromatic rings. The van der Waals surface area contributed by atoms with E-state index in [9.17, 15) is 4.79 Å². The van der Waals surface area contributed by atoms with Gasteiger partial charge in [-0.3, -0.25) is 4.79 Å². The summed E-state index contributed by atoms with van der Waals surface area (Å²) in [5, 5.41) is 0. The monoisotopic (exact) mass is 200 g/mol. The maximum absolute atomic E-state index is 11.6. The maximum Gasteiger partial charge on any atom is 0.222 e. The molecule has 0 aliphatic rings. The van der Waals surface area contributed by atoms with Gasteiger partial charge in [-0.2, -0.15) is 0 Å². The molecule has 0 aromatic heterocycles. The second-order valence-electron chi connectivity index (χ2n) is 4.54. The van der Waals surface area contributed by atoms with Gasteiger partial charge < -0.3 is 10.6 Å². The Kier molecular flexibility index (Phi) is 6.54. The zero-order valence-electron chi connectivity index (χ0n) is 9.92. The van der Waals surface area contributed by atoms with Gasteiger partial charge in [0.05, 0.1) is 0 Å². The normalized spacial score (nSPS) is 13.0. The lowest BCUT2D eigenvalue weighted by Gasteiger charge is -2.19. The van der Waals surface area contributed by atoms with Crippen LogP contribution >= 0.6 is 0 Å². The Morgan fingerprint density at radius 1 is 1.36 bits per heavy atom. The molecule has 3 heteroatoms. The van der Waals surface area contributed by atoms with Gasteiger partial charge in [0.15, 0.2) is 0 Å². The Labute approximate surface area is 87.6 Å². The highest BCUT2D eigenvalue weighted by Gasteiger charge is 2.12. The standard InChI is InChI=1S/C11H24N2O/c1-9(2)5-6-13(4)11(14)7-10(3)8-12/h9-10H,5-8,12H2,1-4H3. The summed E-state index contributed by atoms with van der Waals surface area (Å²) in [7, 11) is 1.87. The van der Waals surface area contributed by atoms with Gasteiger partial charge in [0.2, 0.25) is 5.91 Å². The minimum absolute atomic E-state index is 0.212. The molecule has 0 saturated heterocycles. The molecule has 14 heavy (non-hydrogen) atoms. The van der Waals surface area contributed by atoms with E-state index in [4.69, 9.17) is 5.73 Å². The van der Waals surface area contributed by atoms with Crippen molar-refractivity contribution in [2.75, 3.05) is 20.1 Å². The highest BCUT2D eigenvalue weighted by Crippen LogP contribution is 2.05. The van der Waals surface area contributed by atoms with Crippen LogP contribution in [0, 0.1) is 11.8 Å². The van der Waals surface area contributed by atoms with Crippen molar-refractivity contribution in [3.05, 3.63) is 0 Å². The molecule has 1 atom stereocenters. The highest BCUT2D eigenvalue weighted by atomic mass is 16.2. The third-order valence-corrected chi connectivity index (χ3v) is 2.39. The van der Waals surface area contributed by atoms with E-state index < -0.39 is 0 Å². The Bertz CT molecular complexity index is 169. The average molecular weight is 200 g/mol. The molecule has 0 saturated carbocycles. The van der Waals surface area contributed by atoms with Crippen LogP contribution < -0.4 is 5.73 Å². The van der Waals surface area contributed by atoms with E-state index in [1.54, 1.807) is 0 Å². The Morgan fingerprint density at radius 3 is 2.36 bits per heavy atom. The van der Waals surface area contributed by atoms with Crippen LogP contribution in [0.4, 0.5) is 0 Å². The molecule has 0 fully saturated rings. The number of rotatable bonds is 6. The van der Waals surface area contributed by atoms with Gasteiger partial charge >= 0.3 is 0 Å². The predicted molar refractivity (Wildman–Crippen MR) is 59.9 cm³/mol. The minimum atomic E-state index is 0.212. The second-order valence-corrected chi connectivity index (χ2v) is 4.54. The fourth-order valence-electron chi connectivity index (χ4n) is 1.11. The van der Waals surface area contributed by atoms with Gasteiger partial charge in [-0.05, 0) is 24.8 Å². The largest absolute Gasteiger partial charge is 0.346 e. The molecule has 0 aliphatic carbocycles. The van der Waals surface area contributed by atoms with E-state index in [-0.39, 0.29) is 5.91 Å². The summed E-state index contributed by atoms with van der Waals surface area (Å²) in [6.45, 7) is 7.79. The van der Waals surface area contributed by atoms with Crippen LogP contribution in [0.25, 0.3) is 0 Å². The highest BCUT2D eigenvalue weighted by molar-refractivity contribution is 5.76. The van der Waals surface area contributed by atoms with Gasteiger partial charge in [-0.25, -0.2) is 0 Å². The Morgan fingerprint density at radius 2 is 1.93 bits per heavy atom. The van der Waals surface area contributed by atoms with Crippen LogP contribution in [0.15, 0.2) is 0 Å². The Balaban J connectivity index is 3.76. The first kappa shape index (κ1) is 13.4. The first-order valence-corrected chi connectivity index (χ1v) is 5.41. The third kappa shape index (κ3) is 5.97. The molecule has 0 radical (unpaired) electrons. The first-order chi connectivity index (χ1) is 6.47. The third-order valence-electron chi connectivity index (χ3n) is 2.39. The van der Waals surface area contributed by atoms with E-state index in [0.717, 1.165) is 13.0 Å². The summed E-state index contributed by atoms with van der Waals surface area (Å²) in [4.78, 5) is 13.4. The summed E-state index contributed by atoms with van der Waals surface area (Å²) < 4.78 is 0. The zero-order chi connectivity index (χ0) is 11.1. The summed E-state index contributed by atoms with van der Waals surface area (Å²) in [5.74, 6) is 1.16. The summed E-state index contributed by atoms with van der Waals surface area (Å²) in [5.41, 5.74) is 5.47. The summed E-state index contributed by atoms with van der Waals surface area (Å²) >= 11 is 0. The van der Waals surface area contributed by atoms with Gasteiger partial charge in [0.25, 0.3) is 0 Å². The molecule has 1 unspecified atom stereocenters. The summed E-state index contributed by atoms with van der Waals surface area (Å²) in [6.07, 6.45) is 1.64. The van der Waals surface area contributed by atoms with Gasteiger partial charge in [-0.1, -0.05) is 20.8 Å². The number of hydrogen-bond acceptors (Lipinski definition) is 2. The van der Waals surface area contributed by atoms with Crippen LogP contribution in [0.5, 0.6) is 0 Å². The van der Waals surface area contributed by atoms with E-state index in [0.29, 0.717) is 24.8 Å². The number of nitrogens with zero attached hydrogens (tertiary/aromatic N) is 1. The Hall–Kier alpha value is -0.570. The van der Waals surface area contributed by atoms with Crippen LogP contribution in [-0.4, -0.2) is 30.9 Å². The molecule has 2 N–H and O–H groups in total. The van der Waals surface area contributed by atoms with Crippen molar-refractivity contribution >= 4 is 5.91 Å². The van der Waals surface area contributed by atoms with Crippen LogP contribution in [0.2, 0.25) is 0 Å². The van der Waals surface area contributed by atoms with Crippen LogP contribution in [0.1, 0.15) is 33.6 Å². The van der Waals surface area contributed by atoms with Crippen LogP contribution in [-0.2, 0) is 4.79 Å². The SMILES string of the molecule is CC(C)CCN(C)C(=O)CC(C)CN. The summed E-state index contributed by atoms with van der Waals surface area (Å²) in [6, 6.07) is 0.